The molecule has 0 atom stereocenters. The third-order valence-corrected chi connectivity index (χ3v) is 4.06. The molecule has 0 aliphatic rings. The number of rotatable bonds is 2. The molecule has 0 amide bonds. The van der Waals surface area contributed by atoms with Gasteiger partial charge in [-0.25, -0.2) is 4.79 Å². The lowest BCUT2D eigenvalue weighted by atomic mass is 10.5. The molecule has 1 rings (SSSR count). The first-order valence-electron chi connectivity index (χ1n) is 2.71. The molecule has 0 bridgehead atoms. The molecule has 1 N–H and O–H groups in total. The highest BCUT2D eigenvalue weighted by atomic mass is 79.9. The van der Waals surface area contributed by atoms with Crippen LogP contribution in [0.5, 0.6) is 0 Å². The number of hydrogen-bond acceptors (Lipinski definition) is 3. The Hall–Kier alpha value is -0.000000000000000111. The van der Waals surface area contributed by atoms with Crippen molar-refractivity contribution in [3.63, 3.8) is 0 Å². The lowest BCUT2D eigenvalue weighted by Gasteiger charge is -1.85. The summed E-state index contributed by atoms with van der Waals surface area (Å²) in [5.74, 6) is -0.865. The predicted molar refractivity (Wildman–Crippen MR) is 50.8 cm³/mol. The van der Waals surface area contributed by atoms with Gasteiger partial charge in [0.05, 0.1) is 3.79 Å². The van der Waals surface area contributed by atoms with E-state index in [1.165, 1.54) is 23.1 Å². The maximum atomic E-state index is 10.5. The van der Waals surface area contributed by atoms with Crippen molar-refractivity contribution in [2.24, 2.45) is 0 Å². The zero-order chi connectivity index (χ0) is 8.43. The van der Waals surface area contributed by atoms with Gasteiger partial charge in [-0.3, -0.25) is 0 Å². The van der Waals surface area contributed by atoms with Crippen LogP contribution in [0.4, 0.5) is 0 Å². The van der Waals surface area contributed by atoms with E-state index in [1.807, 2.05) is 6.26 Å². The predicted octanol–water partition coefficient (Wildman–Crippen LogP) is 2.93. The average Bonchev–Trinajstić information content (AvgIpc) is 2.31. The molecular weight excluding hydrogens is 248 g/mol. The van der Waals surface area contributed by atoms with Gasteiger partial charge in [0.1, 0.15) is 4.88 Å². The van der Waals surface area contributed by atoms with Gasteiger partial charge in [0, 0.05) is 4.90 Å². The lowest BCUT2D eigenvalue weighted by Crippen LogP contribution is -1.89. The average molecular weight is 253 g/mol. The Morgan fingerprint density at radius 2 is 2.45 bits per heavy atom. The molecule has 2 nitrogen and oxygen atoms in total. The number of carboxylic acid groups (broad SMARTS) is 1. The van der Waals surface area contributed by atoms with Gasteiger partial charge in [0.25, 0.3) is 0 Å². The molecule has 11 heavy (non-hydrogen) atoms. The van der Waals surface area contributed by atoms with Gasteiger partial charge in [-0.05, 0) is 28.3 Å². The standard InChI is InChI=1S/C6H5BrO2S2/c1-10-3-2-4(6(8)9)11-5(3)7/h2H,1H3,(H,8,9). The Morgan fingerprint density at radius 3 is 2.73 bits per heavy atom. The molecule has 0 aromatic carbocycles. The van der Waals surface area contributed by atoms with E-state index in [1.54, 1.807) is 6.07 Å². The molecular formula is C6H5BrO2S2. The van der Waals surface area contributed by atoms with Gasteiger partial charge in [-0.2, -0.15) is 0 Å². The summed E-state index contributed by atoms with van der Waals surface area (Å²) in [5.41, 5.74) is 0. The SMILES string of the molecule is CSc1cc(C(=O)O)sc1Br. The maximum absolute atomic E-state index is 10.5. The monoisotopic (exact) mass is 252 g/mol. The summed E-state index contributed by atoms with van der Waals surface area (Å²) in [7, 11) is 0. The van der Waals surface area contributed by atoms with E-state index in [0.717, 1.165) is 8.68 Å². The summed E-state index contributed by atoms with van der Waals surface area (Å²) in [6.45, 7) is 0. The molecule has 60 valence electrons. The molecule has 1 aromatic heterocycles. The van der Waals surface area contributed by atoms with E-state index in [2.05, 4.69) is 15.9 Å². The summed E-state index contributed by atoms with van der Waals surface area (Å²) in [6.07, 6.45) is 1.92. The van der Waals surface area contributed by atoms with Crippen LogP contribution < -0.4 is 0 Å². The van der Waals surface area contributed by atoms with Crippen molar-refractivity contribution in [1.29, 1.82) is 0 Å². The van der Waals surface area contributed by atoms with Gasteiger partial charge in [-0.1, -0.05) is 0 Å². The Kier molecular flexibility index (Phi) is 2.98. The van der Waals surface area contributed by atoms with Crippen LogP contribution in [0.25, 0.3) is 0 Å². The summed E-state index contributed by atoms with van der Waals surface area (Å²) >= 11 is 6.06. The van der Waals surface area contributed by atoms with Crippen molar-refractivity contribution in [3.8, 4) is 0 Å². The zero-order valence-electron chi connectivity index (χ0n) is 5.63. The molecule has 0 unspecified atom stereocenters. The third-order valence-electron chi connectivity index (χ3n) is 1.09. The highest BCUT2D eigenvalue weighted by molar-refractivity contribution is 9.11. The first kappa shape index (κ1) is 9.09. The van der Waals surface area contributed by atoms with Gasteiger partial charge in [0.2, 0.25) is 0 Å². The van der Waals surface area contributed by atoms with Crippen molar-refractivity contribution in [2.75, 3.05) is 6.26 Å². The van der Waals surface area contributed by atoms with E-state index in [-0.39, 0.29) is 0 Å². The third kappa shape index (κ3) is 1.98. The second kappa shape index (κ2) is 3.60. The summed E-state index contributed by atoms with van der Waals surface area (Å²) in [5, 5.41) is 8.60. The van der Waals surface area contributed by atoms with E-state index < -0.39 is 5.97 Å². The van der Waals surface area contributed by atoms with Crippen LogP contribution in [0.1, 0.15) is 9.67 Å². The normalized spacial score (nSPS) is 10.0. The van der Waals surface area contributed by atoms with Crippen molar-refractivity contribution in [2.45, 2.75) is 4.90 Å². The van der Waals surface area contributed by atoms with Gasteiger partial charge >= 0.3 is 5.97 Å². The van der Waals surface area contributed by atoms with E-state index in [9.17, 15) is 4.79 Å². The molecule has 1 aromatic rings. The van der Waals surface area contributed by atoms with Crippen LogP contribution in [-0.2, 0) is 0 Å². The first-order chi connectivity index (χ1) is 5.15. The van der Waals surface area contributed by atoms with E-state index in [4.69, 9.17) is 5.11 Å². The topological polar surface area (TPSA) is 37.3 Å². The number of aromatic carboxylic acids is 1. The fourth-order valence-corrected chi connectivity index (χ4v) is 3.18. The second-order valence-corrected chi connectivity index (χ2v) is 4.98. The maximum Gasteiger partial charge on any atom is 0.345 e. The molecule has 0 fully saturated rings. The van der Waals surface area contributed by atoms with Crippen molar-refractivity contribution >= 4 is 45.0 Å². The van der Waals surface area contributed by atoms with E-state index in [0.29, 0.717) is 4.88 Å². The quantitative estimate of drug-likeness (QED) is 0.823. The van der Waals surface area contributed by atoms with Crippen molar-refractivity contribution < 1.29 is 9.90 Å². The molecule has 0 spiro atoms. The van der Waals surface area contributed by atoms with Gasteiger partial charge < -0.3 is 5.11 Å². The Balaban J connectivity index is 3.05. The number of carbonyl (C=O) groups is 1. The molecule has 5 heteroatoms. The molecule has 1 heterocycles. The van der Waals surface area contributed by atoms with E-state index >= 15 is 0 Å². The van der Waals surface area contributed by atoms with Crippen LogP contribution in [0.3, 0.4) is 0 Å². The van der Waals surface area contributed by atoms with Crippen LogP contribution in [0, 0.1) is 0 Å². The summed E-state index contributed by atoms with van der Waals surface area (Å²) < 4.78 is 0.891. The summed E-state index contributed by atoms with van der Waals surface area (Å²) in [6, 6.07) is 1.67. The Bertz CT molecular complexity index is 282. The fraction of sp³-hybridized carbons (Fsp3) is 0.167. The Labute approximate surface area is 80.7 Å². The number of thiophene rings is 1. The van der Waals surface area contributed by atoms with Crippen LogP contribution in [0.2, 0.25) is 0 Å². The lowest BCUT2D eigenvalue weighted by molar-refractivity contribution is 0.0702. The van der Waals surface area contributed by atoms with Crippen LogP contribution in [0.15, 0.2) is 14.7 Å². The molecule has 0 aliphatic carbocycles. The zero-order valence-corrected chi connectivity index (χ0v) is 8.85. The number of thioether (sulfide) groups is 1. The molecule has 0 aliphatic heterocycles. The molecule has 0 radical (unpaired) electrons. The Morgan fingerprint density at radius 1 is 1.82 bits per heavy atom. The minimum atomic E-state index is -0.865. The largest absolute Gasteiger partial charge is 0.477 e. The number of hydrogen-bond donors (Lipinski definition) is 1. The molecule has 0 saturated carbocycles. The summed E-state index contributed by atoms with van der Waals surface area (Å²) in [4.78, 5) is 11.8. The minimum absolute atomic E-state index is 0.376. The highest BCUT2D eigenvalue weighted by Crippen LogP contribution is 2.33. The number of halogens is 1. The van der Waals surface area contributed by atoms with Crippen LogP contribution in [-0.4, -0.2) is 17.3 Å². The second-order valence-electron chi connectivity index (χ2n) is 1.76. The highest BCUT2D eigenvalue weighted by Gasteiger charge is 2.10. The fourth-order valence-electron chi connectivity index (χ4n) is 0.597. The smallest absolute Gasteiger partial charge is 0.345 e. The van der Waals surface area contributed by atoms with Gasteiger partial charge in [0.15, 0.2) is 0 Å². The van der Waals surface area contributed by atoms with Crippen molar-refractivity contribution in [1.82, 2.24) is 0 Å². The van der Waals surface area contributed by atoms with Crippen LogP contribution >= 0.6 is 39.0 Å². The minimum Gasteiger partial charge on any atom is -0.477 e. The first-order valence-corrected chi connectivity index (χ1v) is 5.55. The van der Waals surface area contributed by atoms with Crippen molar-refractivity contribution in [3.05, 3.63) is 14.7 Å². The number of carboxylic acids is 1. The van der Waals surface area contributed by atoms with Gasteiger partial charge in [-0.15, -0.1) is 23.1 Å². The molecule has 0 saturated heterocycles.